The molecule has 0 bridgehead atoms. The number of piperidine rings is 1. The van der Waals surface area contributed by atoms with Crippen molar-refractivity contribution in [2.75, 3.05) is 25.4 Å². The van der Waals surface area contributed by atoms with Crippen LogP contribution < -0.4 is 10.9 Å². The molecule has 4 rings (SSSR count). The van der Waals surface area contributed by atoms with Gasteiger partial charge >= 0.3 is 0 Å². The van der Waals surface area contributed by atoms with Gasteiger partial charge in [0.25, 0.3) is 5.56 Å². The number of fused-ring (bicyclic) bond motifs is 3. The van der Waals surface area contributed by atoms with Crippen molar-refractivity contribution in [3.8, 4) is 0 Å². The molecule has 1 aliphatic heterocycles. The van der Waals surface area contributed by atoms with E-state index in [1.54, 1.807) is 11.3 Å². The number of amides is 1. The Morgan fingerprint density at radius 1 is 1.22 bits per heavy atom. The predicted molar refractivity (Wildman–Crippen MR) is 134 cm³/mol. The molecule has 2 aromatic rings. The molecule has 1 amide bonds. The number of thiophene rings is 1. The Balaban J connectivity index is 1.54. The van der Waals surface area contributed by atoms with Gasteiger partial charge in [0.05, 0.1) is 11.1 Å². The quantitative estimate of drug-likeness (QED) is 0.365. The normalized spacial score (nSPS) is 19.0. The number of aromatic nitrogens is 2. The van der Waals surface area contributed by atoms with Crippen LogP contribution in [-0.4, -0.2) is 51.8 Å². The number of thioether (sulfide) groups is 1. The monoisotopic (exact) mass is 476 g/mol. The number of rotatable bonds is 7. The molecule has 0 aromatic carbocycles. The highest BCUT2D eigenvalue weighted by molar-refractivity contribution is 7.99. The average molecular weight is 477 g/mol. The first-order valence-electron chi connectivity index (χ1n) is 12.2. The Morgan fingerprint density at radius 3 is 2.69 bits per heavy atom. The lowest BCUT2D eigenvalue weighted by atomic mass is 10.1. The van der Waals surface area contributed by atoms with Crippen LogP contribution in [0.4, 0.5) is 0 Å². The van der Waals surface area contributed by atoms with Gasteiger partial charge in [0.1, 0.15) is 4.83 Å². The summed E-state index contributed by atoms with van der Waals surface area (Å²) >= 11 is 3.10. The van der Waals surface area contributed by atoms with E-state index in [0.717, 1.165) is 68.4 Å². The van der Waals surface area contributed by atoms with Crippen LogP contribution in [0.2, 0.25) is 0 Å². The third-order valence-electron chi connectivity index (χ3n) is 7.00. The van der Waals surface area contributed by atoms with Gasteiger partial charge in [-0.15, -0.1) is 11.3 Å². The van der Waals surface area contributed by atoms with E-state index in [1.165, 1.54) is 35.0 Å². The minimum absolute atomic E-state index is 0.0388. The lowest BCUT2D eigenvalue weighted by molar-refractivity contribution is -0.119. The summed E-state index contributed by atoms with van der Waals surface area (Å²) in [5.41, 5.74) is 1.32. The van der Waals surface area contributed by atoms with Gasteiger partial charge in [0.2, 0.25) is 5.91 Å². The van der Waals surface area contributed by atoms with Crippen molar-refractivity contribution in [3.05, 3.63) is 20.8 Å². The lowest BCUT2D eigenvalue weighted by Crippen LogP contribution is -2.45. The lowest BCUT2D eigenvalue weighted by Gasteiger charge is -2.31. The molecule has 0 spiro atoms. The first kappa shape index (κ1) is 23.8. The fourth-order valence-electron chi connectivity index (χ4n) is 4.84. The maximum atomic E-state index is 13.6. The molecule has 1 aliphatic carbocycles. The topological polar surface area (TPSA) is 67.2 Å². The highest BCUT2D eigenvalue weighted by Gasteiger charge is 2.24. The van der Waals surface area contributed by atoms with E-state index in [-0.39, 0.29) is 23.6 Å². The summed E-state index contributed by atoms with van der Waals surface area (Å²) < 4.78 is 1.85. The van der Waals surface area contributed by atoms with Crippen LogP contribution in [0.5, 0.6) is 0 Å². The van der Waals surface area contributed by atoms with Crippen molar-refractivity contribution in [1.82, 2.24) is 19.8 Å². The molecule has 32 heavy (non-hydrogen) atoms. The van der Waals surface area contributed by atoms with Crippen molar-refractivity contribution < 1.29 is 4.79 Å². The summed E-state index contributed by atoms with van der Waals surface area (Å²) in [6.07, 6.45) is 8.48. The van der Waals surface area contributed by atoms with Gasteiger partial charge in [-0.25, -0.2) is 4.98 Å². The first-order chi connectivity index (χ1) is 15.5. The van der Waals surface area contributed by atoms with E-state index in [4.69, 9.17) is 4.98 Å². The van der Waals surface area contributed by atoms with E-state index >= 15 is 0 Å². The number of hydrogen-bond acceptors (Lipinski definition) is 6. The molecule has 1 fully saturated rings. The molecule has 2 aliphatic rings. The Kier molecular flexibility index (Phi) is 7.95. The number of aryl methyl sites for hydroxylation is 2. The van der Waals surface area contributed by atoms with Gasteiger partial charge in [0, 0.05) is 30.1 Å². The van der Waals surface area contributed by atoms with Gasteiger partial charge in [0.15, 0.2) is 5.16 Å². The standard InChI is InChI=1S/C24H36N4O2S2/c1-4-16(3)28-23(30)21-18-9-7-6-8-10-19(18)32-22(21)26-24(28)31-15-20(29)25-17-11-13-27(5-2)14-12-17/h16-17H,4-15H2,1-3H3,(H,25,29)/t16-/m1/s1. The molecule has 1 atom stereocenters. The summed E-state index contributed by atoms with van der Waals surface area (Å²) in [6.45, 7) is 9.52. The van der Waals surface area contributed by atoms with Gasteiger partial charge in [-0.05, 0) is 64.0 Å². The minimum Gasteiger partial charge on any atom is -0.353 e. The largest absolute Gasteiger partial charge is 0.353 e. The number of nitrogens with one attached hydrogen (secondary N) is 1. The number of hydrogen-bond donors (Lipinski definition) is 1. The number of carbonyl (C=O) groups is 1. The third kappa shape index (κ3) is 5.07. The van der Waals surface area contributed by atoms with Crippen LogP contribution in [0.15, 0.2) is 9.95 Å². The second-order valence-corrected chi connectivity index (χ2v) is 11.2. The van der Waals surface area contributed by atoms with Crippen LogP contribution in [-0.2, 0) is 17.6 Å². The molecular formula is C24H36N4O2S2. The molecule has 8 heteroatoms. The van der Waals surface area contributed by atoms with Gasteiger partial charge in [-0.2, -0.15) is 0 Å². The third-order valence-corrected chi connectivity index (χ3v) is 9.14. The smallest absolute Gasteiger partial charge is 0.263 e. The molecule has 3 heterocycles. The number of carbonyl (C=O) groups excluding carboxylic acids is 1. The first-order valence-corrected chi connectivity index (χ1v) is 14.0. The number of likely N-dealkylation sites (tertiary alicyclic amines) is 1. The predicted octanol–water partition coefficient (Wildman–Crippen LogP) is 4.39. The molecule has 176 valence electrons. The molecular weight excluding hydrogens is 440 g/mol. The maximum Gasteiger partial charge on any atom is 0.263 e. The van der Waals surface area contributed by atoms with Crippen molar-refractivity contribution in [3.63, 3.8) is 0 Å². The molecule has 0 radical (unpaired) electrons. The van der Waals surface area contributed by atoms with E-state index < -0.39 is 0 Å². The second kappa shape index (κ2) is 10.7. The van der Waals surface area contributed by atoms with E-state index in [9.17, 15) is 9.59 Å². The molecule has 2 aromatic heterocycles. The van der Waals surface area contributed by atoms with Crippen LogP contribution in [0.3, 0.4) is 0 Å². The number of nitrogens with zero attached hydrogens (tertiary/aromatic N) is 3. The average Bonchev–Trinajstić information content (AvgIpc) is 2.99. The fraction of sp³-hybridized carbons (Fsp3) is 0.708. The second-order valence-electron chi connectivity index (χ2n) is 9.14. The molecule has 1 saturated heterocycles. The van der Waals surface area contributed by atoms with Gasteiger partial charge in [-0.1, -0.05) is 32.0 Å². The minimum atomic E-state index is 0.0388. The molecule has 6 nitrogen and oxygen atoms in total. The van der Waals surface area contributed by atoms with E-state index in [1.807, 2.05) is 4.57 Å². The summed E-state index contributed by atoms with van der Waals surface area (Å²) in [7, 11) is 0. The van der Waals surface area contributed by atoms with E-state index in [2.05, 4.69) is 31.0 Å². The highest BCUT2D eigenvalue weighted by atomic mass is 32.2. The van der Waals surface area contributed by atoms with Crippen LogP contribution in [0.1, 0.15) is 75.8 Å². The zero-order chi connectivity index (χ0) is 22.7. The fourth-order valence-corrected chi connectivity index (χ4v) is 7.05. The zero-order valence-electron chi connectivity index (χ0n) is 19.6. The summed E-state index contributed by atoms with van der Waals surface area (Å²) in [5.74, 6) is 0.338. The maximum absolute atomic E-state index is 13.6. The van der Waals surface area contributed by atoms with Crippen LogP contribution in [0, 0.1) is 0 Å². The van der Waals surface area contributed by atoms with Crippen molar-refractivity contribution >= 4 is 39.2 Å². The summed E-state index contributed by atoms with van der Waals surface area (Å²) in [5, 5.41) is 4.72. The Hall–Kier alpha value is -1.38. The van der Waals surface area contributed by atoms with E-state index in [0.29, 0.717) is 10.9 Å². The Bertz CT molecular complexity index is 1010. The summed E-state index contributed by atoms with van der Waals surface area (Å²) in [4.78, 5) is 35.9. The SMILES string of the molecule is CC[C@@H](C)n1c(SCC(=O)NC2CCN(CC)CC2)nc2sc3c(c2c1=O)CCCCC3. The van der Waals surface area contributed by atoms with Crippen molar-refractivity contribution in [2.24, 2.45) is 0 Å². The van der Waals surface area contributed by atoms with Crippen LogP contribution >= 0.6 is 23.1 Å². The zero-order valence-corrected chi connectivity index (χ0v) is 21.2. The van der Waals surface area contributed by atoms with Gasteiger partial charge < -0.3 is 10.2 Å². The summed E-state index contributed by atoms with van der Waals surface area (Å²) in [6, 6.07) is 0.315. The molecule has 0 saturated carbocycles. The highest BCUT2D eigenvalue weighted by Crippen LogP contribution is 2.34. The Labute approximate surface area is 199 Å². The van der Waals surface area contributed by atoms with Crippen LogP contribution in [0.25, 0.3) is 10.2 Å². The van der Waals surface area contributed by atoms with Crippen molar-refractivity contribution in [2.45, 2.75) is 89.4 Å². The molecule has 1 N–H and O–H groups in total. The van der Waals surface area contributed by atoms with Gasteiger partial charge in [-0.3, -0.25) is 14.2 Å². The Morgan fingerprint density at radius 2 is 1.97 bits per heavy atom. The van der Waals surface area contributed by atoms with Crippen molar-refractivity contribution in [1.29, 1.82) is 0 Å². The molecule has 0 unspecified atom stereocenters.